The van der Waals surface area contributed by atoms with Crippen molar-refractivity contribution >= 4 is 17.5 Å². The van der Waals surface area contributed by atoms with E-state index < -0.39 is 0 Å². The molecule has 0 N–H and O–H groups in total. The molecule has 0 aliphatic heterocycles. The van der Waals surface area contributed by atoms with Gasteiger partial charge in [0.15, 0.2) is 0 Å². The third kappa shape index (κ3) is 3.64. The van der Waals surface area contributed by atoms with Crippen LogP contribution >= 0.6 is 0 Å². The van der Waals surface area contributed by atoms with Crippen molar-refractivity contribution < 1.29 is 4.79 Å². The summed E-state index contributed by atoms with van der Waals surface area (Å²) < 4.78 is 1.70. The van der Waals surface area contributed by atoms with E-state index in [-0.39, 0.29) is 5.78 Å². The lowest BCUT2D eigenvalue weighted by molar-refractivity contribution is 0.103. The molecule has 2 aromatic rings. The molecule has 0 fully saturated rings. The van der Waals surface area contributed by atoms with Crippen molar-refractivity contribution in [1.82, 2.24) is 9.78 Å². The summed E-state index contributed by atoms with van der Waals surface area (Å²) >= 11 is 0. The van der Waals surface area contributed by atoms with Crippen LogP contribution in [0.5, 0.6) is 0 Å². The zero-order chi connectivity index (χ0) is 15.9. The standard InChI is InChI=1S/C18H23N3O/c1-4-20(5-2)16-10-7-15(8-11-16)9-12-18(22)17-13-14-19-21(17)6-3/h7-14H,4-6H2,1-3H3/b12-9+. The molecule has 2 rings (SSSR count). The second-order valence-corrected chi connectivity index (χ2v) is 4.99. The van der Waals surface area contributed by atoms with Crippen LogP contribution < -0.4 is 4.90 Å². The molecular formula is C18H23N3O. The number of hydrogen-bond acceptors (Lipinski definition) is 3. The summed E-state index contributed by atoms with van der Waals surface area (Å²) in [4.78, 5) is 14.5. The fraction of sp³-hybridized carbons (Fsp3) is 0.333. The average molecular weight is 297 g/mol. The molecule has 0 atom stereocenters. The van der Waals surface area contributed by atoms with Gasteiger partial charge in [0, 0.05) is 31.5 Å². The topological polar surface area (TPSA) is 38.1 Å². The Morgan fingerprint density at radius 1 is 1.14 bits per heavy atom. The number of hydrogen-bond donors (Lipinski definition) is 0. The summed E-state index contributed by atoms with van der Waals surface area (Å²) in [6.07, 6.45) is 5.11. The molecule has 1 aromatic carbocycles. The van der Waals surface area contributed by atoms with Gasteiger partial charge in [-0.05, 0) is 50.6 Å². The quantitative estimate of drug-likeness (QED) is 0.578. The van der Waals surface area contributed by atoms with Gasteiger partial charge >= 0.3 is 0 Å². The number of allylic oxidation sites excluding steroid dienone is 1. The molecule has 1 heterocycles. The normalized spacial score (nSPS) is 11.0. The van der Waals surface area contributed by atoms with Crippen molar-refractivity contribution in [3.8, 4) is 0 Å². The van der Waals surface area contributed by atoms with Crippen LogP contribution in [0.4, 0.5) is 5.69 Å². The summed E-state index contributed by atoms with van der Waals surface area (Å²) in [7, 11) is 0. The molecule has 0 radical (unpaired) electrons. The smallest absolute Gasteiger partial charge is 0.203 e. The van der Waals surface area contributed by atoms with Gasteiger partial charge in [0.1, 0.15) is 5.69 Å². The van der Waals surface area contributed by atoms with Crippen molar-refractivity contribution in [1.29, 1.82) is 0 Å². The van der Waals surface area contributed by atoms with Crippen LogP contribution in [0, 0.1) is 0 Å². The van der Waals surface area contributed by atoms with Crippen LogP contribution in [0.2, 0.25) is 0 Å². The lowest BCUT2D eigenvalue weighted by Gasteiger charge is -2.20. The van der Waals surface area contributed by atoms with E-state index in [1.807, 2.05) is 25.1 Å². The summed E-state index contributed by atoms with van der Waals surface area (Å²) in [5.41, 5.74) is 2.85. The minimum absolute atomic E-state index is 0.0211. The van der Waals surface area contributed by atoms with E-state index in [0.29, 0.717) is 12.2 Å². The van der Waals surface area contributed by atoms with E-state index in [4.69, 9.17) is 0 Å². The van der Waals surface area contributed by atoms with E-state index in [2.05, 4.69) is 36.0 Å². The highest BCUT2D eigenvalue weighted by atomic mass is 16.1. The molecule has 4 nitrogen and oxygen atoms in total. The van der Waals surface area contributed by atoms with Gasteiger partial charge in [0.05, 0.1) is 0 Å². The first kappa shape index (κ1) is 16.0. The maximum Gasteiger partial charge on any atom is 0.203 e. The Kier molecular flexibility index (Phi) is 5.53. The van der Waals surface area contributed by atoms with Crippen molar-refractivity contribution in [2.45, 2.75) is 27.3 Å². The fourth-order valence-electron chi connectivity index (χ4n) is 2.44. The van der Waals surface area contributed by atoms with Gasteiger partial charge in [0.2, 0.25) is 5.78 Å². The predicted molar refractivity (Wildman–Crippen MR) is 91.3 cm³/mol. The average Bonchev–Trinajstić information content (AvgIpc) is 3.03. The minimum atomic E-state index is -0.0211. The Morgan fingerprint density at radius 3 is 2.41 bits per heavy atom. The highest BCUT2D eigenvalue weighted by Crippen LogP contribution is 2.16. The molecule has 0 aliphatic rings. The van der Waals surface area contributed by atoms with Gasteiger partial charge in [-0.2, -0.15) is 5.10 Å². The molecule has 116 valence electrons. The van der Waals surface area contributed by atoms with Crippen molar-refractivity contribution in [2.24, 2.45) is 0 Å². The Morgan fingerprint density at radius 2 is 1.82 bits per heavy atom. The number of anilines is 1. The lowest BCUT2D eigenvalue weighted by Crippen LogP contribution is -2.21. The van der Waals surface area contributed by atoms with Gasteiger partial charge in [-0.3, -0.25) is 9.48 Å². The monoisotopic (exact) mass is 297 g/mol. The maximum atomic E-state index is 12.2. The number of ketones is 1. The first-order valence-electron chi connectivity index (χ1n) is 7.78. The van der Waals surface area contributed by atoms with Crippen LogP contribution in [0.3, 0.4) is 0 Å². The fourth-order valence-corrected chi connectivity index (χ4v) is 2.44. The number of benzene rings is 1. The van der Waals surface area contributed by atoms with E-state index in [1.54, 1.807) is 23.0 Å². The predicted octanol–water partition coefficient (Wildman–Crippen LogP) is 3.65. The molecule has 0 saturated carbocycles. The lowest BCUT2D eigenvalue weighted by atomic mass is 10.1. The zero-order valence-corrected chi connectivity index (χ0v) is 13.5. The van der Waals surface area contributed by atoms with Crippen LogP contribution in [0.25, 0.3) is 6.08 Å². The molecule has 1 aromatic heterocycles. The molecule has 0 saturated heterocycles. The summed E-state index contributed by atoms with van der Waals surface area (Å²) in [6, 6.07) is 10.0. The highest BCUT2D eigenvalue weighted by Gasteiger charge is 2.07. The molecule has 4 heteroatoms. The third-order valence-electron chi connectivity index (χ3n) is 3.72. The minimum Gasteiger partial charge on any atom is -0.372 e. The summed E-state index contributed by atoms with van der Waals surface area (Å²) in [5.74, 6) is -0.0211. The molecule has 0 spiro atoms. The third-order valence-corrected chi connectivity index (χ3v) is 3.72. The molecule has 0 aliphatic carbocycles. The summed E-state index contributed by atoms with van der Waals surface area (Å²) in [5, 5.41) is 4.12. The number of carbonyl (C=O) groups is 1. The van der Waals surface area contributed by atoms with Crippen molar-refractivity contribution in [2.75, 3.05) is 18.0 Å². The number of carbonyl (C=O) groups excluding carboxylic acids is 1. The van der Waals surface area contributed by atoms with Crippen LogP contribution in [0.1, 0.15) is 36.8 Å². The van der Waals surface area contributed by atoms with Crippen LogP contribution in [-0.2, 0) is 6.54 Å². The van der Waals surface area contributed by atoms with E-state index in [0.717, 1.165) is 18.7 Å². The van der Waals surface area contributed by atoms with Crippen molar-refractivity contribution in [3.63, 3.8) is 0 Å². The maximum absolute atomic E-state index is 12.2. The molecule has 0 amide bonds. The first-order valence-corrected chi connectivity index (χ1v) is 7.78. The van der Waals surface area contributed by atoms with Gasteiger partial charge in [0.25, 0.3) is 0 Å². The molecular weight excluding hydrogens is 274 g/mol. The Balaban J connectivity index is 2.09. The largest absolute Gasteiger partial charge is 0.372 e. The van der Waals surface area contributed by atoms with Crippen LogP contribution in [-0.4, -0.2) is 28.7 Å². The van der Waals surface area contributed by atoms with Gasteiger partial charge in [-0.1, -0.05) is 18.2 Å². The van der Waals surface area contributed by atoms with Gasteiger partial charge in [-0.25, -0.2) is 0 Å². The van der Waals surface area contributed by atoms with Gasteiger partial charge in [-0.15, -0.1) is 0 Å². The van der Waals surface area contributed by atoms with E-state index in [1.165, 1.54) is 5.69 Å². The SMILES string of the molecule is CCN(CC)c1ccc(/C=C/C(=O)c2ccnn2CC)cc1. The van der Waals surface area contributed by atoms with Crippen LogP contribution in [0.15, 0.2) is 42.6 Å². The zero-order valence-electron chi connectivity index (χ0n) is 13.5. The van der Waals surface area contributed by atoms with Crippen molar-refractivity contribution in [3.05, 3.63) is 53.9 Å². The Hall–Kier alpha value is -2.36. The summed E-state index contributed by atoms with van der Waals surface area (Å²) in [6.45, 7) is 8.94. The Bertz CT molecular complexity index is 637. The highest BCUT2D eigenvalue weighted by molar-refractivity contribution is 6.05. The number of aromatic nitrogens is 2. The number of rotatable bonds is 7. The van der Waals surface area contributed by atoms with E-state index in [9.17, 15) is 4.79 Å². The molecule has 22 heavy (non-hydrogen) atoms. The second-order valence-electron chi connectivity index (χ2n) is 4.99. The van der Waals surface area contributed by atoms with E-state index >= 15 is 0 Å². The second kappa shape index (κ2) is 7.59. The Labute approximate surface area is 132 Å². The molecule has 0 bridgehead atoms. The first-order chi connectivity index (χ1) is 10.7. The molecule has 0 unspecified atom stereocenters. The van der Waals surface area contributed by atoms with Gasteiger partial charge < -0.3 is 4.90 Å². The number of nitrogens with zero attached hydrogens (tertiary/aromatic N) is 3. The number of aryl methyl sites for hydroxylation is 1.